The Morgan fingerprint density at radius 3 is 2.73 bits per heavy atom. The lowest BCUT2D eigenvalue weighted by molar-refractivity contribution is -0.138. The quantitative estimate of drug-likeness (QED) is 0.717. The normalized spacial score (nSPS) is 17.5. The first-order valence-electron chi connectivity index (χ1n) is 9.87. The summed E-state index contributed by atoms with van der Waals surface area (Å²) >= 11 is 0. The Balaban J connectivity index is 1.51. The van der Waals surface area contributed by atoms with E-state index in [2.05, 4.69) is 15.5 Å². The summed E-state index contributed by atoms with van der Waals surface area (Å²) < 4.78 is 44.8. The van der Waals surface area contributed by atoms with Crippen LogP contribution < -0.4 is 20.3 Å². The number of ether oxygens (including phenoxy) is 1. The van der Waals surface area contributed by atoms with Crippen molar-refractivity contribution in [1.29, 1.82) is 0 Å². The SMILES string of the molecule is COc1cccc(N2CCC(CNC(=O)NC(C)c3ccccc3C(F)(F)F)C2)c1. The molecule has 0 saturated carbocycles. The number of carbonyl (C=O) groups excluding carboxylic acids is 1. The summed E-state index contributed by atoms with van der Waals surface area (Å²) in [5.74, 6) is 1.06. The standard InChI is InChI=1S/C22H26F3N3O2/c1-15(19-8-3-4-9-20(19)22(23,24)25)27-21(29)26-13-16-10-11-28(14-16)17-6-5-7-18(12-17)30-2/h3-9,12,15-16H,10-11,13-14H2,1-2H3,(H2,26,27,29). The average molecular weight is 421 g/mol. The van der Waals surface area contributed by atoms with E-state index in [9.17, 15) is 18.0 Å². The van der Waals surface area contributed by atoms with Gasteiger partial charge >= 0.3 is 12.2 Å². The molecule has 162 valence electrons. The Hall–Kier alpha value is -2.90. The van der Waals surface area contributed by atoms with Gasteiger partial charge in [-0.25, -0.2) is 4.79 Å². The van der Waals surface area contributed by atoms with Gasteiger partial charge in [0.1, 0.15) is 5.75 Å². The van der Waals surface area contributed by atoms with Gasteiger partial charge < -0.3 is 20.3 Å². The molecule has 3 rings (SSSR count). The minimum absolute atomic E-state index is 0.0465. The molecule has 0 aliphatic carbocycles. The fourth-order valence-electron chi connectivity index (χ4n) is 3.74. The van der Waals surface area contributed by atoms with Crippen LogP contribution in [0.1, 0.15) is 30.5 Å². The Kier molecular flexibility index (Phi) is 6.74. The molecule has 2 aromatic carbocycles. The molecule has 2 unspecified atom stereocenters. The zero-order valence-corrected chi connectivity index (χ0v) is 17.0. The van der Waals surface area contributed by atoms with E-state index in [1.54, 1.807) is 14.0 Å². The number of benzene rings is 2. The molecule has 2 atom stereocenters. The molecule has 0 aromatic heterocycles. The number of hydrogen-bond acceptors (Lipinski definition) is 3. The molecular formula is C22H26F3N3O2. The molecule has 0 radical (unpaired) electrons. The van der Waals surface area contributed by atoms with Gasteiger partial charge in [0, 0.05) is 31.4 Å². The molecule has 1 aliphatic rings. The van der Waals surface area contributed by atoms with Crippen LogP contribution in [0, 0.1) is 5.92 Å². The maximum absolute atomic E-state index is 13.2. The van der Waals surface area contributed by atoms with Crippen LogP contribution in [0.4, 0.5) is 23.7 Å². The number of hydrogen-bond donors (Lipinski definition) is 2. The second-order valence-electron chi connectivity index (χ2n) is 7.46. The molecule has 2 aromatic rings. The number of nitrogens with zero attached hydrogens (tertiary/aromatic N) is 1. The predicted molar refractivity (Wildman–Crippen MR) is 110 cm³/mol. The van der Waals surface area contributed by atoms with Gasteiger partial charge in [-0.15, -0.1) is 0 Å². The topological polar surface area (TPSA) is 53.6 Å². The second-order valence-corrected chi connectivity index (χ2v) is 7.46. The van der Waals surface area contributed by atoms with E-state index in [1.807, 2.05) is 24.3 Å². The highest BCUT2D eigenvalue weighted by Crippen LogP contribution is 2.34. The van der Waals surface area contributed by atoms with Gasteiger partial charge in [-0.05, 0) is 43.0 Å². The van der Waals surface area contributed by atoms with Crippen molar-refractivity contribution in [2.45, 2.75) is 25.6 Å². The number of rotatable bonds is 6. The lowest BCUT2D eigenvalue weighted by Crippen LogP contribution is -2.40. The number of anilines is 1. The van der Waals surface area contributed by atoms with Crippen LogP contribution in [-0.2, 0) is 6.18 Å². The molecule has 0 bridgehead atoms. The van der Waals surface area contributed by atoms with Gasteiger partial charge in [0.15, 0.2) is 0 Å². The molecule has 8 heteroatoms. The minimum atomic E-state index is -4.46. The first-order valence-corrected chi connectivity index (χ1v) is 9.87. The van der Waals surface area contributed by atoms with Crippen molar-refractivity contribution in [1.82, 2.24) is 10.6 Å². The zero-order valence-electron chi connectivity index (χ0n) is 17.0. The van der Waals surface area contributed by atoms with Gasteiger partial charge in [0.05, 0.1) is 18.7 Å². The summed E-state index contributed by atoms with van der Waals surface area (Å²) in [7, 11) is 1.63. The summed E-state index contributed by atoms with van der Waals surface area (Å²) in [5.41, 5.74) is 0.381. The molecule has 2 N–H and O–H groups in total. The lowest BCUT2D eigenvalue weighted by Gasteiger charge is -2.21. The summed E-state index contributed by atoms with van der Waals surface area (Å²) in [6.07, 6.45) is -3.54. The van der Waals surface area contributed by atoms with E-state index in [0.29, 0.717) is 6.54 Å². The smallest absolute Gasteiger partial charge is 0.416 e. The number of halogens is 3. The number of carbonyl (C=O) groups is 1. The highest BCUT2D eigenvalue weighted by molar-refractivity contribution is 5.74. The number of alkyl halides is 3. The lowest BCUT2D eigenvalue weighted by atomic mass is 10.0. The maximum Gasteiger partial charge on any atom is 0.416 e. The maximum atomic E-state index is 13.2. The number of amides is 2. The first kappa shape index (κ1) is 21.8. The predicted octanol–water partition coefficient (Wildman–Crippen LogP) is 4.60. The summed E-state index contributed by atoms with van der Waals surface area (Å²) in [5, 5.41) is 5.41. The van der Waals surface area contributed by atoms with Crippen LogP contribution in [-0.4, -0.2) is 32.8 Å². The van der Waals surface area contributed by atoms with E-state index in [-0.39, 0.29) is 11.5 Å². The van der Waals surface area contributed by atoms with Gasteiger partial charge in [0.2, 0.25) is 0 Å². The molecule has 30 heavy (non-hydrogen) atoms. The van der Waals surface area contributed by atoms with Crippen molar-refractivity contribution in [2.24, 2.45) is 5.92 Å². The fourth-order valence-corrected chi connectivity index (χ4v) is 3.74. The van der Waals surface area contributed by atoms with Crippen molar-refractivity contribution >= 4 is 11.7 Å². The van der Waals surface area contributed by atoms with Gasteiger partial charge in [-0.2, -0.15) is 13.2 Å². The van der Waals surface area contributed by atoms with E-state index >= 15 is 0 Å². The molecule has 1 fully saturated rings. The van der Waals surface area contributed by atoms with Gasteiger partial charge in [-0.1, -0.05) is 24.3 Å². The van der Waals surface area contributed by atoms with Crippen LogP contribution in [0.5, 0.6) is 5.75 Å². The number of urea groups is 1. The number of methoxy groups -OCH3 is 1. The second kappa shape index (κ2) is 9.28. The minimum Gasteiger partial charge on any atom is -0.497 e. The third-order valence-corrected chi connectivity index (χ3v) is 5.34. The summed E-state index contributed by atoms with van der Waals surface area (Å²) in [6.45, 7) is 3.67. The van der Waals surface area contributed by atoms with Crippen molar-refractivity contribution in [3.05, 3.63) is 59.7 Å². The van der Waals surface area contributed by atoms with Crippen LogP contribution in [0.25, 0.3) is 0 Å². The van der Waals surface area contributed by atoms with Crippen LogP contribution in [0.15, 0.2) is 48.5 Å². The largest absolute Gasteiger partial charge is 0.497 e. The molecule has 2 amide bonds. The molecule has 1 heterocycles. The Labute approximate surface area is 174 Å². The molecule has 1 aliphatic heterocycles. The monoisotopic (exact) mass is 421 g/mol. The van der Waals surface area contributed by atoms with E-state index in [4.69, 9.17) is 4.74 Å². The molecular weight excluding hydrogens is 395 g/mol. The Bertz CT molecular complexity index is 873. The van der Waals surface area contributed by atoms with Crippen LogP contribution in [0.2, 0.25) is 0 Å². The third-order valence-electron chi connectivity index (χ3n) is 5.34. The van der Waals surface area contributed by atoms with Crippen LogP contribution >= 0.6 is 0 Å². The molecule has 1 saturated heterocycles. The highest BCUT2D eigenvalue weighted by atomic mass is 19.4. The molecule has 5 nitrogen and oxygen atoms in total. The van der Waals surface area contributed by atoms with E-state index in [0.717, 1.165) is 37.0 Å². The molecule has 0 spiro atoms. The number of nitrogens with one attached hydrogen (secondary N) is 2. The van der Waals surface area contributed by atoms with Gasteiger partial charge in [0.25, 0.3) is 0 Å². The van der Waals surface area contributed by atoms with Gasteiger partial charge in [-0.3, -0.25) is 0 Å². The average Bonchev–Trinajstić information content (AvgIpc) is 3.21. The van der Waals surface area contributed by atoms with Crippen molar-refractivity contribution in [2.75, 3.05) is 31.6 Å². The van der Waals surface area contributed by atoms with E-state index in [1.165, 1.54) is 18.2 Å². The summed E-state index contributed by atoms with van der Waals surface area (Å²) in [6, 6.07) is 11.9. The summed E-state index contributed by atoms with van der Waals surface area (Å²) in [4.78, 5) is 14.5. The first-order chi connectivity index (χ1) is 14.3. The van der Waals surface area contributed by atoms with Crippen molar-refractivity contribution in [3.8, 4) is 5.75 Å². The Morgan fingerprint density at radius 1 is 1.23 bits per heavy atom. The Morgan fingerprint density at radius 2 is 2.00 bits per heavy atom. The van der Waals surface area contributed by atoms with Crippen molar-refractivity contribution < 1.29 is 22.7 Å². The zero-order chi connectivity index (χ0) is 21.7. The third kappa shape index (κ3) is 5.37. The van der Waals surface area contributed by atoms with Crippen molar-refractivity contribution in [3.63, 3.8) is 0 Å². The fraction of sp³-hybridized carbons (Fsp3) is 0.409. The van der Waals surface area contributed by atoms with E-state index < -0.39 is 23.8 Å². The van der Waals surface area contributed by atoms with Crippen LogP contribution in [0.3, 0.4) is 0 Å². The highest BCUT2D eigenvalue weighted by Gasteiger charge is 2.34.